The Morgan fingerprint density at radius 1 is 1.17 bits per heavy atom. The zero-order valence-corrected chi connectivity index (χ0v) is 13.3. The van der Waals surface area contributed by atoms with Gasteiger partial charge in [0.05, 0.1) is 5.69 Å². The lowest BCUT2D eigenvalue weighted by Gasteiger charge is -2.21. The van der Waals surface area contributed by atoms with Crippen LogP contribution in [0.2, 0.25) is 5.02 Å². The summed E-state index contributed by atoms with van der Waals surface area (Å²) in [5.41, 5.74) is 0.735. The monoisotopic (exact) mass is 334 g/mol. The number of hydrogen-bond donors (Lipinski definition) is 1. The molecule has 23 heavy (non-hydrogen) atoms. The molecule has 0 aliphatic heterocycles. The summed E-state index contributed by atoms with van der Waals surface area (Å²) in [4.78, 5) is 25.2. The molecule has 0 radical (unpaired) electrons. The van der Waals surface area contributed by atoms with Crippen molar-refractivity contribution in [2.24, 2.45) is 0 Å². The number of anilines is 2. The Bertz CT molecular complexity index is 721. The van der Waals surface area contributed by atoms with Gasteiger partial charge < -0.3 is 10.2 Å². The predicted octanol–water partition coefficient (Wildman–Crippen LogP) is 3.86. The quantitative estimate of drug-likeness (QED) is 0.902. The van der Waals surface area contributed by atoms with Gasteiger partial charge in [-0.25, -0.2) is 4.39 Å². The molecule has 1 N–H and O–H groups in total. The van der Waals surface area contributed by atoms with Crippen LogP contribution in [0.4, 0.5) is 15.8 Å². The van der Waals surface area contributed by atoms with Gasteiger partial charge in [-0.05, 0) is 30.3 Å². The Morgan fingerprint density at radius 3 is 2.57 bits per heavy atom. The largest absolute Gasteiger partial charge is 0.324 e. The molecule has 0 aliphatic carbocycles. The number of nitrogens with one attached hydrogen (secondary N) is 1. The van der Waals surface area contributed by atoms with Gasteiger partial charge in [-0.1, -0.05) is 29.8 Å². The maximum atomic E-state index is 13.5. The van der Waals surface area contributed by atoms with Gasteiger partial charge in [0, 0.05) is 30.6 Å². The van der Waals surface area contributed by atoms with Crippen LogP contribution in [0, 0.1) is 5.82 Å². The SMILES string of the molecule is CC(=O)N(CCC(=O)Nc1ccccc1F)c1cccc(Cl)c1. The van der Waals surface area contributed by atoms with E-state index in [2.05, 4.69) is 5.32 Å². The highest BCUT2D eigenvalue weighted by Gasteiger charge is 2.14. The minimum Gasteiger partial charge on any atom is -0.324 e. The van der Waals surface area contributed by atoms with Crippen LogP contribution in [0.5, 0.6) is 0 Å². The molecule has 0 atom stereocenters. The van der Waals surface area contributed by atoms with E-state index in [1.807, 2.05) is 0 Å². The molecule has 0 aliphatic rings. The molecule has 2 rings (SSSR count). The van der Waals surface area contributed by atoms with Gasteiger partial charge in [0.1, 0.15) is 5.82 Å². The van der Waals surface area contributed by atoms with E-state index in [0.29, 0.717) is 10.7 Å². The second-order valence-corrected chi connectivity index (χ2v) is 5.36. The number of rotatable bonds is 5. The van der Waals surface area contributed by atoms with Crippen LogP contribution in [0.1, 0.15) is 13.3 Å². The number of benzene rings is 2. The first kappa shape index (κ1) is 17.0. The van der Waals surface area contributed by atoms with E-state index >= 15 is 0 Å². The third-order valence-corrected chi connectivity index (χ3v) is 3.45. The number of nitrogens with zero attached hydrogens (tertiary/aromatic N) is 1. The fraction of sp³-hybridized carbons (Fsp3) is 0.176. The molecule has 2 amide bonds. The van der Waals surface area contributed by atoms with E-state index < -0.39 is 5.82 Å². The first-order chi connectivity index (χ1) is 11.0. The first-order valence-corrected chi connectivity index (χ1v) is 7.43. The molecular weight excluding hydrogens is 319 g/mol. The molecule has 0 saturated carbocycles. The van der Waals surface area contributed by atoms with Crippen LogP contribution in [0.3, 0.4) is 0 Å². The van der Waals surface area contributed by atoms with Crippen LogP contribution in [-0.2, 0) is 9.59 Å². The zero-order valence-electron chi connectivity index (χ0n) is 12.6. The van der Waals surface area contributed by atoms with Crippen LogP contribution < -0.4 is 10.2 Å². The normalized spacial score (nSPS) is 10.2. The number of amides is 2. The summed E-state index contributed by atoms with van der Waals surface area (Å²) >= 11 is 5.92. The third-order valence-electron chi connectivity index (χ3n) is 3.21. The molecule has 2 aromatic rings. The minimum atomic E-state index is -0.501. The summed E-state index contributed by atoms with van der Waals surface area (Å²) in [6, 6.07) is 12.7. The molecule has 0 bridgehead atoms. The van der Waals surface area contributed by atoms with Crippen molar-refractivity contribution >= 4 is 34.8 Å². The zero-order chi connectivity index (χ0) is 16.8. The Balaban J connectivity index is 2.00. The number of carbonyl (C=O) groups is 2. The van der Waals surface area contributed by atoms with Gasteiger partial charge in [0.15, 0.2) is 0 Å². The fourth-order valence-electron chi connectivity index (χ4n) is 2.10. The summed E-state index contributed by atoms with van der Waals surface area (Å²) in [6.07, 6.45) is 0.0421. The van der Waals surface area contributed by atoms with Crippen molar-refractivity contribution in [1.82, 2.24) is 0 Å². The van der Waals surface area contributed by atoms with E-state index in [4.69, 9.17) is 11.6 Å². The van der Waals surface area contributed by atoms with Crippen molar-refractivity contribution in [2.45, 2.75) is 13.3 Å². The van der Waals surface area contributed by atoms with Crippen LogP contribution in [-0.4, -0.2) is 18.4 Å². The summed E-state index contributed by atoms with van der Waals surface area (Å²) in [5, 5.41) is 2.99. The van der Waals surface area contributed by atoms with Crippen molar-refractivity contribution in [3.8, 4) is 0 Å². The van der Waals surface area contributed by atoms with Gasteiger partial charge in [0.25, 0.3) is 0 Å². The van der Waals surface area contributed by atoms with Crippen molar-refractivity contribution in [3.63, 3.8) is 0 Å². The van der Waals surface area contributed by atoms with E-state index in [0.717, 1.165) is 0 Å². The fourth-order valence-corrected chi connectivity index (χ4v) is 2.29. The third kappa shape index (κ3) is 4.79. The van der Waals surface area contributed by atoms with E-state index in [1.54, 1.807) is 36.4 Å². The number of halogens is 2. The second kappa shape index (κ2) is 7.74. The molecule has 2 aromatic carbocycles. The lowest BCUT2D eigenvalue weighted by Crippen LogP contribution is -2.32. The van der Waals surface area contributed by atoms with Gasteiger partial charge in [-0.15, -0.1) is 0 Å². The summed E-state index contributed by atoms with van der Waals surface area (Å²) < 4.78 is 13.5. The molecule has 0 aromatic heterocycles. The Hall–Kier alpha value is -2.40. The summed E-state index contributed by atoms with van der Waals surface area (Å²) in [6.45, 7) is 1.59. The number of hydrogen-bond acceptors (Lipinski definition) is 2. The Morgan fingerprint density at radius 2 is 1.91 bits per heavy atom. The predicted molar refractivity (Wildman–Crippen MR) is 89.1 cm³/mol. The number of para-hydroxylation sites is 1. The summed E-state index contributed by atoms with van der Waals surface area (Å²) in [7, 11) is 0. The molecule has 6 heteroatoms. The lowest BCUT2D eigenvalue weighted by atomic mass is 10.2. The van der Waals surface area contributed by atoms with E-state index in [9.17, 15) is 14.0 Å². The van der Waals surface area contributed by atoms with Crippen molar-refractivity contribution < 1.29 is 14.0 Å². The van der Waals surface area contributed by atoms with Crippen molar-refractivity contribution in [1.29, 1.82) is 0 Å². The van der Waals surface area contributed by atoms with Gasteiger partial charge in [0.2, 0.25) is 11.8 Å². The molecule has 4 nitrogen and oxygen atoms in total. The summed E-state index contributed by atoms with van der Waals surface area (Å²) in [5.74, 6) is -1.08. The highest BCUT2D eigenvalue weighted by molar-refractivity contribution is 6.30. The highest BCUT2D eigenvalue weighted by Crippen LogP contribution is 2.20. The lowest BCUT2D eigenvalue weighted by molar-refractivity contribution is -0.117. The number of carbonyl (C=O) groups excluding carboxylic acids is 2. The molecule has 120 valence electrons. The molecule has 0 heterocycles. The average Bonchev–Trinajstić information content (AvgIpc) is 2.49. The van der Waals surface area contributed by atoms with Gasteiger partial charge in [-0.2, -0.15) is 0 Å². The van der Waals surface area contributed by atoms with Crippen molar-refractivity contribution in [3.05, 3.63) is 59.4 Å². The molecular formula is C17H16ClFN2O2. The molecule has 0 unspecified atom stereocenters. The maximum Gasteiger partial charge on any atom is 0.226 e. The van der Waals surface area contributed by atoms with E-state index in [-0.39, 0.29) is 30.5 Å². The van der Waals surface area contributed by atoms with Crippen LogP contribution in [0.15, 0.2) is 48.5 Å². The van der Waals surface area contributed by atoms with E-state index in [1.165, 1.54) is 24.0 Å². The first-order valence-electron chi connectivity index (χ1n) is 7.05. The highest BCUT2D eigenvalue weighted by atomic mass is 35.5. The topological polar surface area (TPSA) is 49.4 Å². The molecule has 0 saturated heterocycles. The Kier molecular flexibility index (Phi) is 5.71. The maximum absolute atomic E-state index is 13.5. The smallest absolute Gasteiger partial charge is 0.226 e. The molecule has 0 fully saturated rings. The standard InChI is InChI=1S/C17H16ClFN2O2/c1-12(22)21(14-6-4-5-13(18)11-14)10-9-17(23)20-16-8-3-2-7-15(16)19/h2-8,11H,9-10H2,1H3,(H,20,23). The minimum absolute atomic E-state index is 0.0421. The second-order valence-electron chi connectivity index (χ2n) is 4.93. The van der Waals surface area contributed by atoms with Crippen molar-refractivity contribution in [2.75, 3.05) is 16.8 Å². The molecule has 0 spiro atoms. The van der Waals surface area contributed by atoms with Crippen LogP contribution in [0.25, 0.3) is 0 Å². The Labute approximate surface area is 138 Å². The van der Waals surface area contributed by atoms with Gasteiger partial charge >= 0.3 is 0 Å². The average molecular weight is 335 g/mol. The van der Waals surface area contributed by atoms with Crippen LogP contribution >= 0.6 is 11.6 Å². The van der Waals surface area contributed by atoms with Gasteiger partial charge in [-0.3, -0.25) is 9.59 Å².